The topological polar surface area (TPSA) is 82.8 Å². The number of carbonyl (C=O) groups is 2. The quantitative estimate of drug-likeness (QED) is 0.773. The summed E-state index contributed by atoms with van der Waals surface area (Å²) in [6.07, 6.45) is -1.71. The molecule has 30 heavy (non-hydrogen) atoms. The van der Waals surface area contributed by atoms with Crippen LogP contribution in [0.1, 0.15) is 42.9 Å². The maximum absolute atomic E-state index is 13.3. The second-order valence-corrected chi connectivity index (χ2v) is 7.59. The number of likely N-dealkylation sites (N-methyl/N-ethyl adjacent to an activating group) is 1. The van der Waals surface area contributed by atoms with Crippen molar-refractivity contribution in [2.24, 2.45) is 5.92 Å². The van der Waals surface area contributed by atoms with Gasteiger partial charge in [-0.25, -0.2) is 14.8 Å². The first-order chi connectivity index (χ1) is 14.2. The monoisotopic (exact) mass is 424 g/mol. The Morgan fingerprint density at radius 2 is 2.03 bits per heavy atom. The summed E-state index contributed by atoms with van der Waals surface area (Å²) in [4.78, 5) is 36.9. The molecule has 1 saturated heterocycles. The lowest BCUT2D eigenvalue weighted by molar-refractivity contribution is -0.158. The summed E-state index contributed by atoms with van der Waals surface area (Å²) in [5.41, 5.74) is 0.709. The Morgan fingerprint density at radius 1 is 1.30 bits per heavy atom. The number of amides is 3. The van der Waals surface area contributed by atoms with Gasteiger partial charge in [-0.05, 0) is 32.1 Å². The number of aromatic nitrogens is 3. The van der Waals surface area contributed by atoms with E-state index in [2.05, 4.69) is 15.3 Å². The number of anilines is 1. The van der Waals surface area contributed by atoms with Crippen LogP contribution in [0.4, 0.5) is 23.8 Å². The minimum absolute atomic E-state index is 0.140. The molecule has 1 unspecified atom stereocenters. The molecular formula is C19H23F3N6O2. The molecule has 0 bridgehead atoms. The van der Waals surface area contributed by atoms with Crippen molar-refractivity contribution in [3.8, 4) is 0 Å². The maximum Gasteiger partial charge on any atom is 0.408 e. The first-order valence-electron chi connectivity index (χ1n) is 10.1. The van der Waals surface area contributed by atoms with Gasteiger partial charge in [-0.15, -0.1) is 0 Å². The highest BCUT2D eigenvalue weighted by Crippen LogP contribution is 2.40. The van der Waals surface area contributed by atoms with Gasteiger partial charge in [0.2, 0.25) is 0 Å². The smallest absolute Gasteiger partial charge is 0.339 e. The molecule has 1 aliphatic heterocycles. The van der Waals surface area contributed by atoms with E-state index < -0.39 is 24.0 Å². The molecule has 1 saturated carbocycles. The van der Waals surface area contributed by atoms with Gasteiger partial charge in [0, 0.05) is 31.4 Å². The molecule has 2 aromatic heterocycles. The van der Waals surface area contributed by atoms with Gasteiger partial charge in [-0.3, -0.25) is 14.1 Å². The zero-order valence-electron chi connectivity index (χ0n) is 16.7. The Morgan fingerprint density at radius 3 is 2.60 bits per heavy atom. The summed E-state index contributed by atoms with van der Waals surface area (Å²) >= 11 is 0. The lowest BCUT2D eigenvalue weighted by Gasteiger charge is -2.21. The van der Waals surface area contributed by atoms with Crippen molar-refractivity contribution < 1.29 is 22.8 Å². The van der Waals surface area contributed by atoms with Gasteiger partial charge in [-0.1, -0.05) is 6.92 Å². The minimum Gasteiger partial charge on any atom is -0.339 e. The number of halogens is 3. The molecule has 8 nitrogen and oxygen atoms in total. The molecule has 11 heteroatoms. The van der Waals surface area contributed by atoms with Crippen LogP contribution in [0.3, 0.4) is 0 Å². The Hall–Kier alpha value is -2.85. The Bertz CT molecular complexity index is 985. The van der Waals surface area contributed by atoms with Crippen LogP contribution < -0.4 is 10.2 Å². The van der Waals surface area contributed by atoms with Crippen LogP contribution in [0.5, 0.6) is 0 Å². The third-order valence-corrected chi connectivity index (χ3v) is 5.63. The van der Waals surface area contributed by atoms with Crippen LogP contribution in [-0.4, -0.2) is 63.1 Å². The minimum atomic E-state index is -4.52. The van der Waals surface area contributed by atoms with E-state index in [4.69, 9.17) is 0 Å². The first kappa shape index (κ1) is 20.4. The van der Waals surface area contributed by atoms with E-state index >= 15 is 0 Å². The van der Waals surface area contributed by atoms with Crippen LogP contribution in [0.25, 0.3) is 5.65 Å². The van der Waals surface area contributed by atoms with Crippen molar-refractivity contribution in [3.05, 3.63) is 23.8 Å². The highest BCUT2D eigenvalue weighted by atomic mass is 19.4. The Kier molecular flexibility index (Phi) is 5.07. The number of rotatable bonds is 6. The molecule has 0 spiro atoms. The van der Waals surface area contributed by atoms with E-state index in [9.17, 15) is 22.8 Å². The average Bonchev–Trinajstić information content (AvgIpc) is 3.33. The second kappa shape index (κ2) is 7.44. The molecule has 1 atom stereocenters. The molecule has 3 amide bonds. The fraction of sp³-hybridized carbons (Fsp3) is 0.579. The second-order valence-electron chi connectivity index (χ2n) is 7.59. The van der Waals surface area contributed by atoms with Crippen LogP contribution in [0.2, 0.25) is 0 Å². The van der Waals surface area contributed by atoms with E-state index in [1.54, 1.807) is 15.4 Å². The number of alkyl halides is 3. The Labute approximate surface area is 171 Å². The zero-order chi connectivity index (χ0) is 21.6. The number of nitrogens with one attached hydrogen (secondary N) is 1. The summed E-state index contributed by atoms with van der Waals surface area (Å²) in [7, 11) is 0. The molecule has 1 aliphatic carbocycles. The van der Waals surface area contributed by atoms with Crippen molar-refractivity contribution in [2.45, 2.75) is 45.3 Å². The number of imidazole rings is 1. The van der Waals surface area contributed by atoms with Crippen molar-refractivity contribution in [1.29, 1.82) is 0 Å². The summed E-state index contributed by atoms with van der Waals surface area (Å²) < 4.78 is 41.5. The number of hydrogen-bond donors (Lipinski definition) is 1. The molecule has 162 valence electrons. The molecule has 3 heterocycles. The molecule has 2 aliphatic rings. The zero-order valence-corrected chi connectivity index (χ0v) is 16.7. The van der Waals surface area contributed by atoms with E-state index in [0.717, 1.165) is 5.69 Å². The highest BCUT2D eigenvalue weighted by Gasteiger charge is 2.50. The number of aryl methyl sites for hydroxylation is 1. The molecule has 2 fully saturated rings. The number of fused-ring (bicyclic) bond motifs is 1. The Balaban J connectivity index is 1.69. The van der Waals surface area contributed by atoms with E-state index in [1.807, 2.05) is 13.8 Å². The van der Waals surface area contributed by atoms with Gasteiger partial charge in [0.25, 0.3) is 5.91 Å². The molecule has 0 aromatic carbocycles. The average molecular weight is 424 g/mol. The lowest BCUT2D eigenvalue weighted by atomic mass is 10.1. The molecule has 0 radical (unpaired) electrons. The third-order valence-electron chi connectivity index (χ3n) is 5.63. The fourth-order valence-corrected chi connectivity index (χ4v) is 3.78. The van der Waals surface area contributed by atoms with E-state index in [-0.39, 0.29) is 17.4 Å². The summed E-state index contributed by atoms with van der Waals surface area (Å²) in [6.45, 7) is 5.36. The molecular weight excluding hydrogens is 401 g/mol. The van der Waals surface area contributed by atoms with Gasteiger partial charge in [0.1, 0.15) is 18.2 Å². The summed E-state index contributed by atoms with van der Waals surface area (Å²) in [6, 6.07) is -0.336. The predicted octanol–water partition coefficient (Wildman–Crippen LogP) is 2.62. The first-order valence-corrected chi connectivity index (χ1v) is 10.1. The normalized spacial score (nSPS) is 18.4. The van der Waals surface area contributed by atoms with Crippen LogP contribution in [-0.2, 0) is 6.42 Å². The van der Waals surface area contributed by atoms with Gasteiger partial charge in [0.05, 0.1) is 0 Å². The largest absolute Gasteiger partial charge is 0.408 e. The maximum atomic E-state index is 13.3. The number of hydrogen-bond acceptors (Lipinski definition) is 4. The van der Waals surface area contributed by atoms with Crippen molar-refractivity contribution in [2.75, 3.05) is 24.5 Å². The van der Waals surface area contributed by atoms with Crippen LogP contribution in [0.15, 0.2) is 12.4 Å². The number of nitrogens with zero attached hydrogens (tertiary/aromatic N) is 5. The molecule has 2 aromatic rings. The van der Waals surface area contributed by atoms with Gasteiger partial charge < -0.3 is 10.2 Å². The number of carbonyl (C=O) groups excluding carboxylic acids is 2. The third kappa shape index (κ3) is 3.56. The number of urea groups is 1. The standard InChI is InChI=1S/C19H23F3N6O2/c1-3-12-9-13(27-8-7-26(4-2)18(27)30)24-16-14(23-10-28(12)16)17(29)25-15(11-5-6-11)19(20,21)22/h9-11,15H,3-8H2,1-2H3,(H,25,29). The fourth-order valence-electron chi connectivity index (χ4n) is 3.78. The highest BCUT2D eigenvalue weighted by molar-refractivity contribution is 5.99. The van der Waals surface area contributed by atoms with E-state index in [0.29, 0.717) is 44.7 Å². The van der Waals surface area contributed by atoms with E-state index in [1.165, 1.54) is 11.2 Å². The predicted molar refractivity (Wildman–Crippen MR) is 102 cm³/mol. The van der Waals surface area contributed by atoms with Crippen LogP contribution in [0, 0.1) is 5.92 Å². The van der Waals surface area contributed by atoms with Crippen LogP contribution >= 0.6 is 0 Å². The van der Waals surface area contributed by atoms with Crippen molar-refractivity contribution >= 4 is 23.4 Å². The van der Waals surface area contributed by atoms with Gasteiger partial charge in [0.15, 0.2) is 11.3 Å². The summed E-state index contributed by atoms with van der Waals surface area (Å²) in [5.74, 6) is -1.15. The van der Waals surface area contributed by atoms with Crippen molar-refractivity contribution in [3.63, 3.8) is 0 Å². The van der Waals surface area contributed by atoms with Gasteiger partial charge in [-0.2, -0.15) is 13.2 Å². The molecule has 4 rings (SSSR count). The SMILES string of the molecule is CCc1cc(N2CCN(CC)C2=O)nc2c(C(=O)NC(C3CC3)C(F)(F)F)ncn12. The van der Waals surface area contributed by atoms with Crippen molar-refractivity contribution in [1.82, 2.24) is 24.6 Å². The molecule has 1 N–H and O–H groups in total. The summed E-state index contributed by atoms with van der Waals surface area (Å²) in [5, 5.41) is 2.10. The lowest BCUT2D eigenvalue weighted by Crippen LogP contribution is -2.47. The van der Waals surface area contributed by atoms with Gasteiger partial charge >= 0.3 is 12.2 Å².